The molecular formula is C20H17N3O2S. The zero-order valence-corrected chi connectivity index (χ0v) is 15.0. The summed E-state index contributed by atoms with van der Waals surface area (Å²) in [6.07, 6.45) is 1.87. The smallest absolute Gasteiger partial charge is 0.270 e. The average molecular weight is 363 g/mol. The molecule has 4 rings (SSSR count). The Balaban J connectivity index is 1.41. The fraction of sp³-hybridized carbons (Fsp3) is 0.100. The first-order valence-corrected chi connectivity index (χ1v) is 9.11. The van der Waals surface area contributed by atoms with Crippen molar-refractivity contribution in [2.75, 3.05) is 0 Å². The van der Waals surface area contributed by atoms with Crippen LogP contribution in [0.2, 0.25) is 0 Å². The van der Waals surface area contributed by atoms with E-state index >= 15 is 0 Å². The Morgan fingerprint density at radius 2 is 1.85 bits per heavy atom. The number of carbonyl (C=O) groups is 1. The third kappa shape index (κ3) is 3.32. The molecular weight excluding hydrogens is 346 g/mol. The fourth-order valence-corrected chi connectivity index (χ4v) is 3.49. The van der Waals surface area contributed by atoms with Gasteiger partial charge in [-0.3, -0.25) is 9.20 Å². The topological polar surface area (TPSA) is 55.6 Å². The number of carbonyl (C=O) groups excluding carboxylic acids is 1. The zero-order valence-electron chi connectivity index (χ0n) is 14.2. The predicted octanol–water partition coefficient (Wildman–Crippen LogP) is 4.43. The molecule has 0 saturated heterocycles. The van der Waals surface area contributed by atoms with Gasteiger partial charge in [0.05, 0.1) is 5.69 Å². The van der Waals surface area contributed by atoms with E-state index in [-0.39, 0.29) is 5.91 Å². The fourth-order valence-electron chi connectivity index (χ4n) is 2.73. The van der Waals surface area contributed by atoms with Gasteiger partial charge in [-0.1, -0.05) is 30.3 Å². The van der Waals surface area contributed by atoms with E-state index in [1.807, 2.05) is 77.5 Å². The molecule has 0 bridgehead atoms. The van der Waals surface area contributed by atoms with Gasteiger partial charge in [0.2, 0.25) is 0 Å². The van der Waals surface area contributed by atoms with Gasteiger partial charge in [-0.05, 0) is 36.8 Å². The molecule has 0 aliphatic carbocycles. The third-order valence-corrected chi connectivity index (χ3v) is 4.76. The molecule has 2 aromatic carbocycles. The molecule has 0 atom stereocenters. The molecule has 2 heterocycles. The number of hydrogen-bond donors (Lipinski definition) is 1. The molecule has 4 aromatic rings. The molecule has 0 aliphatic heterocycles. The Morgan fingerprint density at radius 1 is 1.12 bits per heavy atom. The quantitative estimate of drug-likeness (QED) is 0.571. The summed E-state index contributed by atoms with van der Waals surface area (Å²) in [5, 5.41) is 4.88. The van der Waals surface area contributed by atoms with Crippen molar-refractivity contribution in [2.24, 2.45) is 0 Å². The van der Waals surface area contributed by atoms with E-state index < -0.39 is 0 Å². The lowest BCUT2D eigenvalue weighted by atomic mass is 10.2. The van der Waals surface area contributed by atoms with Crippen molar-refractivity contribution in [1.29, 1.82) is 0 Å². The summed E-state index contributed by atoms with van der Waals surface area (Å²) >= 11 is 1.51. The van der Waals surface area contributed by atoms with E-state index in [0.29, 0.717) is 12.2 Å². The first kappa shape index (κ1) is 16.4. The van der Waals surface area contributed by atoms with Crippen LogP contribution in [0.4, 0.5) is 0 Å². The van der Waals surface area contributed by atoms with E-state index in [0.717, 1.165) is 27.7 Å². The number of amides is 1. The first-order valence-electron chi connectivity index (χ1n) is 8.23. The van der Waals surface area contributed by atoms with Gasteiger partial charge >= 0.3 is 0 Å². The first-order chi connectivity index (χ1) is 12.7. The van der Waals surface area contributed by atoms with Crippen molar-refractivity contribution in [3.05, 3.63) is 83.1 Å². The highest BCUT2D eigenvalue weighted by Gasteiger charge is 2.16. The number of benzene rings is 2. The molecule has 0 spiro atoms. The maximum atomic E-state index is 12.5. The van der Waals surface area contributed by atoms with Gasteiger partial charge in [-0.25, -0.2) is 4.98 Å². The van der Waals surface area contributed by atoms with Crippen molar-refractivity contribution < 1.29 is 9.53 Å². The monoisotopic (exact) mass is 363 g/mol. The Kier molecular flexibility index (Phi) is 4.41. The Bertz CT molecular complexity index is 1040. The second-order valence-corrected chi connectivity index (χ2v) is 6.72. The predicted molar refractivity (Wildman–Crippen MR) is 102 cm³/mol. The molecule has 1 amide bonds. The molecule has 2 aromatic heterocycles. The van der Waals surface area contributed by atoms with Crippen LogP contribution in [0.25, 0.3) is 4.96 Å². The summed E-state index contributed by atoms with van der Waals surface area (Å²) in [4.78, 5) is 17.8. The summed E-state index contributed by atoms with van der Waals surface area (Å²) in [5.41, 5.74) is 2.33. The molecule has 6 heteroatoms. The van der Waals surface area contributed by atoms with Crippen LogP contribution in [0.5, 0.6) is 11.5 Å². The van der Waals surface area contributed by atoms with Gasteiger partial charge < -0.3 is 10.1 Å². The van der Waals surface area contributed by atoms with Gasteiger partial charge in [0.25, 0.3) is 5.91 Å². The number of para-hydroxylation sites is 1. The summed E-state index contributed by atoms with van der Waals surface area (Å²) in [7, 11) is 0. The lowest BCUT2D eigenvalue weighted by Crippen LogP contribution is -2.24. The largest absolute Gasteiger partial charge is 0.457 e. The maximum Gasteiger partial charge on any atom is 0.270 e. The van der Waals surface area contributed by atoms with Crippen molar-refractivity contribution in [2.45, 2.75) is 13.5 Å². The normalized spacial score (nSPS) is 10.8. The second kappa shape index (κ2) is 7.01. The van der Waals surface area contributed by atoms with Crippen molar-refractivity contribution in [3.63, 3.8) is 0 Å². The summed E-state index contributed by atoms with van der Waals surface area (Å²) in [6.45, 7) is 2.30. The zero-order chi connectivity index (χ0) is 17.9. The molecule has 0 fully saturated rings. The number of thiazole rings is 1. The van der Waals surface area contributed by atoms with Crippen molar-refractivity contribution in [1.82, 2.24) is 14.7 Å². The maximum absolute atomic E-state index is 12.5. The number of hydrogen-bond acceptors (Lipinski definition) is 4. The van der Waals surface area contributed by atoms with Crippen LogP contribution in [0, 0.1) is 6.92 Å². The lowest BCUT2D eigenvalue weighted by molar-refractivity contribution is 0.0944. The number of ether oxygens (including phenoxy) is 1. The second-order valence-electron chi connectivity index (χ2n) is 5.84. The summed E-state index contributed by atoms with van der Waals surface area (Å²) < 4.78 is 7.60. The third-order valence-electron chi connectivity index (χ3n) is 4.01. The van der Waals surface area contributed by atoms with Gasteiger partial charge in [0.1, 0.15) is 17.2 Å². The van der Waals surface area contributed by atoms with Crippen LogP contribution >= 0.6 is 11.3 Å². The number of nitrogens with zero attached hydrogens (tertiary/aromatic N) is 2. The minimum atomic E-state index is -0.127. The van der Waals surface area contributed by atoms with E-state index in [1.165, 1.54) is 11.3 Å². The van der Waals surface area contributed by atoms with Crippen LogP contribution < -0.4 is 10.1 Å². The van der Waals surface area contributed by atoms with Crippen molar-refractivity contribution in [3.8, 4) is 11.5 Å². The van der Waals surface area contributed by atoms with Crippen LogP contribution in [0.15, 0.2) is 66.2 Å². The van der Waals surface area contributed by atoms with Crippen LogP contribution in [0.3, 0.4) is 0 Å². The van der Waals surface area contributed by atoms with E-state index in [4.69, 9.17) is 4.74 Å². The minimum absolute atomic E-state index is 0.127. The number of aromatic nitrogens is 2. The Morgan fingerprint density at radius 3 is 2.62 bits per heavy atom. The SMILES string of the molecule is Cc1nc2sccn2c1C(=O)NCc1ccc(Oc2ccccc2)cc1. The van der Waals surface area contributed by atoms with Crippen LogP contribution in [-0.4, -0.2) is 15.3 Å². The minimum Gasteiger partial charge on any atom is -0.457 e. The summed E-state index contributed by atoms with van der Waals surface area (Å²) in [6, 6.07) is 17.3. The molecule has 0 saturated carbocycles. The molecule has 0 aliphatic rings. The Hall–Kier alpha value is -3.12. The molecule has 5 nitrogen and oxygen atoms in total. The molecule has 26 heavy (non-hydrogen) atoms. The number of rotatable bonds is 5. The van der Waals surface area contributed by atoms with Crippen LogP contribution in [-0.2, 0) is 6.54 Å². The number of imidazole rings is 1. The van der Waals surface area contributed by atoms with Crippen molar-refractivity contribution >= 4 is 22.2 Å². The highest BCUT2D eigenvalue weighted by atomic mass is 32.1. The molecule has 0 unspecified atom stereocenters. The number of nitrogens with one attached hydrogen (secondary N) is 1. The molecule has 130 valence electrons. The number of fused-ring (bicyclic) bond motifs is 1. The van der Waals surface area contributed by atoms with Gasteiger partial charge in [0, 0.05) is 18.1 Å². The number of aryl methyl sites for hydroxylation is 1. The van der Waals surface area contributed by atoms with Gasteiger partial charge in [-0.2, -0.15) is 0 Å². The molecule has 0 radical (unpaired) electrons. The van der Waals surface area contributed by atoms with E-state index in [1.54, 1.807) is 0 Å². The molecule has 1 N–H and O–H groups in total. The highest BCUT2D eigenvalue weighted by molar-refractivity contribution is 7.15. The van der Waals surface area contributed by atoms with Gasteiger partial charge in [-0.15, -0.1) is 11.3 Å². The van der Waals surface area contributed by atoms with Gasteiger partial charge in [0.15, 0.2) is 4.96 Å². The van der Waals surface area contributed by atoms with E-state index in [9.17, 15) is 4.79 Å². The van der Waals surface area contributed by atoms with Crippen LogP contribution in [0.1, 0.15) is 21.7 Å². The Labute approximate surface area is 154 Å². The summed E-state index contributed by atoms with van der Waals surface area (Å²) in [5.74, 6) is 1.43. The lowest BCUT2D eigenvalue weighted by Gasteiger charge is -2.08. The van der Waals surface area contributed by atoms with E-state index in [2.05, 4.69) is 10.3 Å². The average Bonchev–Trinajstić information content (AvgIpc) is 3.21. The highest BCUT2D eigenvalue weighted by Crippen LogP contribution is 2.21. The standard InChI is InChI=1S/C20H17N3O2S/c1-14-18(23-11-12-26-20(23)22-14)19(24)21-13-15-7-9-17(10-8-15)25-16-5-3-2-4-6-16/h2-12H,13H2,1H3,(H,21,24).